The van der Waals surface area contributed by atoms with Gasteiger partial charge in [0, 0.05) is 57.6 Å². The Labute approximate surface area is 256 Å². The summed E-state index contributed by atoms with van der Waals surface area (Å²) >= 11 is 0. The highest BCUT2D eigenvalue weighted by Gasteiger charge is 2.33. The molecule has 1 aliphatic heterocycles. The normalized spacial score (nSPS) is 17.7. The first-order valence-corrected chi connectivity index (χ1v) is 16.0. The van der Waals surface area contributed by atoms with Crippen LogP contribution in [0, 0.1) is 11.8 Å². The third kappa shape index (κ3) is 7.28. The molecule has 0 aromatic heterocycles. The lowest BCUT2D eigenvalue weighted by Gasteiger charge is -2.35. The highest BCUT2D eigenvalue weighted by Crippen LogP contribution is 2.35. The van der Waals surface area contributed by atoms with Gasteiger partial charge in [0.2, 0.25) is 11.8 Å². The molecule has 1 heterocycles. The number of nitrogens with one attached hydrogen (secondary N) is 1. The van der Waals surface area contributed by atoms with Gasteiger partial charge in [-0.3, -0.25) is 9.59 Å². The number of benzene rings is 3. The average molecular weight is 580 g/mol. The molecule has 6 rings (SSSR count). The summed E-state index contributed by atoms with van der Waals surface area (Å²) in [5.74, 6) is 0.630. The van der Waals surface area contributed by atoms with Crippen molar-refractivity contribution in [3.63, 3.8) is 0 Å². The number of hydrogen-bond donors (Lipinski definition) is 2. The summed E-state index contributed by atoms with van der Waals surface area (Å²) in [6, 6.07) is 23.2. The fourth-order valence-corrected chi connectivity index (χ4v) is 6.51. The molecule has 1 saturated heterocycles. The standard InChI is InChI=1S/C36H45N5O2/c1-39-16-18-40(19-17-39)34-15-14-32(22-33(34)38-35(42)29-9-2-3-10-29)31-11-5-8-28(21-31)25-41(36(43)30-12-13-30)24-27-7-4-6-26(20-27)23-37/h4-8,11,14-15,20-22,29-30H,2-3,9-10,12-13,16-19,23-25,37H2,1H3,(H,38,42). The predicted molar refractivity (Wildman–Crippen MR) is 173 cm³/mol. The predicted octanol–water partition coefficient (Wildman–Crippen LogP) is 5.63. The second kappa shape index (κ2) is 13.3. The van der Waals surface area contributed by atoms with E-state index in [0.717, 1.165) is 104 Å². The molecule has 0 spiro atoms. The molecule has 0 bridgehead atoms. The number of nitrogens with zero attached hydrogens (tertiary/aromatic N) is 3. The van der Waals surface area contributed by atoms with Crippen molar-refractivity contribution in [2.45, 2.75) is 58.2 Å². The lowest BCUT2D eigenvalue weighted by Crippen LogP contribution is -2.44. The lowest BCUT2D eigenvalue weighted by molar-refractivity contribution is -0.133. The van der Waals surface area contributed by atoms with Crippen LogP contribution in [0.3, 0.4) is 0 Å². The number of amides is 2. The van der Waals surface area contributed by atoms with E-state index < -0.39 is 0 Å². The van der Waals surface area contributed by atoms with E-state index in [0.29, 0.717) is 19.6 Å². The number of likely N-dealkylation sites (N-methyl/N-ethyl adjacent to an activating group) is 1. The highest BCUT2D eigenvalue weighted by atomic mass is 16.2. The molecule has 7 nitrogen and oxygen atoms in total. The number of hydrogen-bond acceptors (Lipinski definition) is 5. The highest BCUT2D eigenvalue weighted by molar-refractivity contribution is 5.97. The fourth-order valence-electron chi connectivity index (χ4n) is 6.51. The molecule has 2 saturated carbocycles. The Morgan fingerprint density at radius 1 is 0.791 bits per heavy atom. The zero-order chi connectivity index (χ0) is 29.8. The van der Waals surface area contributed by atoms with Gasteiger partial charge in [0.1, 0.15) is 0 Å². The van der Waals surface area contributed by atoms with E-state index in [1.165, 1.54) is 0 Å². The molecule has 0 radical (unpaired) electrons. The van der Waals surface area contributed by atoms with Gasteiger partial charge in [0.05, 0.1) is 11.4 Å². The zero-order valence-electron chi connectivity index (χ0n) is 25.4. The van der Waals surface area contributed by atoms with E-state index in [4.69, 9.17) is 5.73 Å². The van der Waals surface area contributed by atoms with Crippen molar-refractivity contribution in [3.05, 3.63) is 83.4 Å². The number of anilines is 2. The molecule has 2 amide bonds. The van der Waals surface area contributed by atoms with Crippen molar-refractivity contribution in [3.8, 4) is 11.1 Å². The summed E-state index contributed by atoms with van der Waals surface area (Å²) in [4.78, 5) is 33.3. The largest absolute Gasteiger partial charge is 0.367 e. The topological polar surface area (TPSA) is 81.9 Å². The van der Waals surface area contributed by atoms with E-state index in [1.807, 2.05) is 17.0 Å². The van der Waals surface area contributed by atoms with Gasteiger partial charge in [0.25, 0.3) is 0 Å². The maximum Gasteiger partial charge on any atom is 0.227 e. The Morgan fingerprint density at radius 3 is 2.14 bits per heavy atom. The molecule has 3 fully saturated rings. The third-order valence-electron chi connectivity index (χ3n) is 9.30. The van der Waals surface area contributed by atoms with Gasteiger partial charge in [-0.2, -0.15) is 0 Å². The molecule has 3 aliphatic rings. The van der Waals surface area contributed by atoms with Gasteiger partial charge in [-0.25, -0.2) is 0 Å². The summed E-state index contributed by atoms with van der Waals surface area (Å²) < 4.78 is 0. The molecule has 0 atom stereocenters. The molecular weight excluding hydrogens is 534 g/mol. The Kier molecular flexibility index (Phi) is 9.10. The molecule has 3 N–H and O–H groups in total. The van der Waals surface area contributed by atoms with Crippen LogP contribution in [0.5, 0.6) is 0 Å². The van der Waals surface area contributed by atoms with Crippen LogP contribution in [-0.4, -0.2) is 54.8 Å². The minimum atomic E-state index is 0.104. The van der Waals surface area contributed by atoms with Crippen LogP contribution >= 0.6 is 0 Å². The minimum Gasteiger partial charge on any atom is -0.367 e. The van der Waals surface area contributed by atoms with Crippen molar-refractivity contribution in [2.75, 3.05) is 43.4 Å². The van der Waals surface area contributed by atoms with Gasteiger partial charge in [-0.15, -0.1) is 0 Å². The maximum absolute atomic E-state index is 13.3. The maximum atomic E-state index is 13.3. The number of carbonyl (C=O) groups excluding carboxylic acids is 2. The van der Waals surface area contributed by atoms with Crippen LogP contribution in [0.25, 0.3) is 11.1 Å². The van der Waals surface area contributed by atoms with Crippen LogP contribution in [-0.2, 0) is 29.2 Å². The van der Waals surface area contributed by atoms with Crippen LogP contribution in [0.2, 0.25) is 0 Å². The lowest BCUT2D eigenvalue weighted by atomic mass is 10.0. The SMILES string of the molecule is CN1CCN(c2ccc(-c3cccc(CN(Cc4cccc(CN)c4)C(=O)C4CC4)c3)cc2NC(=O)C2CCCC2)CC1. The number of carbonyl (C=O) groups is 2. The molecule has 0 unspecified atom stereocenters. The summed E-state index contributed by atoms with van der Waals surface area (Å²) in [6.07, 6.45) is 6.18. The van der Waals surface area contributed by atoms with Crippen LogP contribution in [0.1, 0.15) is 55.2 Å². The van der Waals surface area contributed by atoms with Crippen molar-refractivity contribution in [2.24, 2.45) is 17.6 Å². The Morgan fingerprint density at radius 2 is 1.44 bits per heavy atom. The van der Waals surface area contributed by atoms with Gasteiger partial charge in [-0.1, -0.05) is 61.4 Å². The average Bonchev–Trinajstić information content (AvgIpc) is 3.73. The van der Waals surface area contributed by atoms with Crippen molar-refractivity contribution in [1.29, 1.82) is 0 Å². The quantitative estimate of drug-likeness (QED) is 0.325. The second-order valence-corrected chi connectivity index (χ2v) is 12.7. The van der Waals surface area contributed by atoms with E-state index >= 15 is 0 Å². The smallest absolute Gasteiger partial charge is 0.227 e. The first-order valence-electron chi connectivity index (χ1n) is 16.0. The van der Waals surface area contributed by atoms with Crippen LogP contribution in [0.4, 0.5) is 11.4 Å². The van der Waals surface area contributed by atoms with Gasteiger partial charge in [0.15, 0.2) is 0 Å². The van der Waals surface area contributed by atoms with E-state index in [9.17, 15) is 9.59 Å². The van der Waals surface area contributed by atoms with E-state index in [1.54, 1.807) is 0 Å². The molecule has 2 aliphatic carbocycles. The van der Waals surface area contributed by atoms with Gasteiger partial charge < -0.3 is 25.8 Å². The van der Waals surface area contributed by atoms with Crippen LogP contribution in [0.15, 0.2) is 66.7 Å². The Hall–Kier alpha value is -3.68. The van der Waals surface area contributed by atoms with Crippen molar-refractivity contribution >= 4 is 23.2 Å². The second-order valence-electron chi connectivity index (χ2n) is 12.7. The first kappa shape index (κ1) is 29.4. The fraction of sp³-hybridized carbons (Fsp3) is 0.444. The summed E-state index contributed by atoms with van der Waals surface area (Å²) in [5.41, 5.74) is 13.3. The zero-order valence-corrected chi connectivity index (χ0v) is 25.4. The molecule has 3 aromatic carbocycles. The monoisotopic (exact) mass is 579 g/mol. The Bertz CT molecular complexity index is 1440. The molecule has 7 heteroatoms. The molecule has 43 heavy (non-hydrogen) atoms. The first-order chi connectivity index (χ1) is 21.0. The number of nitrogens with two attached hydrogens (primary N) is 1. The number of rotatable bonds is 10. The van der Waals surface area contributed by atoms with Crippen molar-refractivity contribution < 1.29 is 9.59 Å². The summed E-state index contributed by atoms with van der Waals surface area (Å²) in [5, 5.41) is 3.33. The van der Waals surface area contributed by atoms with E-state index in [-0.39, 0.29) is 23.7 Å². The van der Waals surface area contributed by atoms with Crippen molar-refractivity contribution in [1.82, 2.24) is 9.80 Å². The Balaban J connectivity index is 1.25. The summed E-state index contributed by atoms with van der Waals surface area (Å²) in [7, 11) is 2.16. The molecule has 226 valence electrons. The van der Waals surface area contributed by atoms with Crippen LogP contribution < -0.4 is 16.0 Å². The van der Waals surface area contributed by atoms with E-state index in [2.05, 4.69) is 76.8 Å². The third-order valence-corrected chi connectivity index (χ3v) is 9.30. The van der Waals surface area contributed by atoms with Gasteiger partial charge >= 0.3 is 0 Å². The number of piperazine rings is 1. The van der Waals surface area contributed by atoms with Gasteiger partial charge in [-0.05, 0) is 78.7 Å². The minimum absolute atomic E-state index is 0.104. The summed E-state index contributed by atoms with van der Waals surface area (Å²) in [6.45, 7) is 5.51. The molecular formula is C36H45N5O2. The molecule has 3 aromatic rings.